The highest BCUT2D eigenvalue weighted by Gasteiger charge is 2.26. The summed E-state index contributed by atoms with van der Waals surface area (Å²) >= 11 is 0. The van der Waals surface area contributed by atoms with Crippen LogP contribution in [0.5, 0.6) is 0 Å². The zero-order valence-electron chi connectivity index (χ0n) is 12.5. The first-order valence-corrected chi connectivity index (χ1v) is 7.45. The molecule has 5 heteroatoms. The second kappa shape index (κ2) is 6.90. The van der Waals surface area contributed by atoms with E-state index in [1.54, 1.807) is 6.07 Å². The first-order chi connectivity index (χ1) is 9.65. The van der Waals surface area contributed by atoms with Gasteiger partial charge in [-0.3, -0.25) is 9.69 Å². The molecule has 1 amide bonds. The van der Waals surface area contributed by atoms with Crippen molar-refractivity contribution >= 4 is 5.91 Å². The molecule has 1 aliphatic heterocycles. The van der Waals surface area contributed by atoms with E-state index in [0.29, 0.717) is 11.8 Å². The Hall–Kier alpha value is -1.33. The molecular weight excluding hydrogens is 254 g/mol. The van der Waals surface area contributed by atoms with Crippen LogP contribution in [-0.2, 0) is 0 Å². The third-order valence-corrected chi connectivity index (χ3v) is 4.04. The van der Waals surface area contributed by atoms with E-state index in [0.717, 1.165) is 51.3 Å². The van der Waals surface area contributed by atoms with Crippen molar-refractivity contribution in [2.75, 3.05) is 32.7 Å². The quantitative estimate of drug-likeness (QED) is 0.886. The van der Waals surface area contributed by atoms with Crippen LogP contribution in [0.1, 0.15) is 36.1 Å². The van der Waals surface area contributed by atoms with Gasteiger partial charge in [-0.2, -0.15) is 0 Å². The van der Waals surface area contributed by atoms with Crippen LogP contribution in [0.3, 0.4) is 0 Å². The van der Waals surface area contributed by atoms with Gasteiger partial charge >= 0.3 is 0 Å². The van der Waals surface area contributed by atoms with Crippen molar-refractivity contribution in [1.82, 2.24) is 9.80 Å². The molecule has 0 aromatic carbocycles. The fourth-order valence-corrected chi connectivity index (χ4v) is 2.83. The third-order valence-electron chi connectivity index (χ3n) is 4.04. The maximum Gasteiger partial charge on any atom is 0.289 e. The lowest BCUT2D eigenvalue weighted by Gasteiger charge is -2.38. The Balaban J connectivity index is 1.89. The molecule has 1 atom stereocenters. The third kappa shape index (κ3) is 3.41. The fraction of sp³-hybridized carbons (Fsp3) is 0.667. The smallest absolute Gasteiger partial charge is 0.289 e. The predicted molar refractivity (Wildman–Crippen MR) is 78.7 cm³/mol. The molecule has 0 aliphatic carbocycles. The van der Waals surface area contributed by atoms with Crippen LogP contribution in [0.15, 0.2) is 16.5 Å². The Morgan fingerprint density at radius 3 is 2.55 bits per heavy atom. The molecule has 5 nitrogen and oxygen atoms in total. The molecular formula is C15H25N3O2. The number of aryl methyl sites for hydroxylation is 1. The van der Waals surface area contributed by atoms with Crippen LogP contribution in [0.4, 0.5) is 0 Å². The normalized spacial score (nSPS) is 18.2. The van der Waals surface area contributed by atoms with E-state index in [2.05, 4.69) is 11.8 Å². The highest BCUT2D eigenvalue weighted by atomic mass is 16.3. The van der Waals surface area contributed by atoms with E-state index in [1.807, 2.05) is 17.9 Å². The molecule has 1 unspecified atom stereocenters. The van der Waals surface area contributed by atoms with E-state index in [4.69, 9.17) is 10.2 Å². The summed E-state index contributed by atoms with van der Waals surface area (Å²) in [6.45, 7) is 8.15. The van der Waals surface area contributed by atoms with Crippen molar-refractivity contribution in [2.24, 2.45) is 5.73 Å². The van der Waals surface area contributed by atoms with Crippen LogP contribution >= 0.6 is 0 Å². The lowest BCUT2D eigenvalue weighted by molar-refractivity contribution is 0.0528. The van der Waals surface area contributed by atoms with Gasteiger partial charge in [0.05, 0.1) is 0 Å². The zero-order valence-corrected chi connectivity index (χ0v) is 12.5. The largest absolute Gasteiger partial charge is 0.456 e. The molecule has 0 saturated carbocycles. The Labute approximate surface area is 120 Å². The summed E-state index contributed by atoms with van der Waals surface area (Å²) in [5.41, 5.74) is 5.66. The van der Waals surface area contributed by atoms with Crippen molar-refractivity contribution < 1.29 is 9.21 Å². The zero-order chi connectivity index (χ0) is 14.5. The number of hydrogen-bond donors (Lipinski definition) is 1. The van der Waals surface area contributed by atoms with Crippen LogP contribution in [-0.4, -0.2) is 54.5 Å². The average Bonchev–Trinajstić information content (AvgIpc) is 2.91. The van der Waals surface area contributed by atoms with Gasteiger partial charge in [0.15, 0.2) is 5.76 Å². The first-order valence-electron chi connectivity index (χ1n) is 7.45. The molecule has 0 spiro atoms. The minimum atomic E-state index is 0.00428. The minimum Gasteiger partial charge on any atom is -0.456 e. The van der Waals surface area contributed by atoms with E-state index >= 15 is 0 Å². The fourth-order valence-electron chi connectivity index (χ4n) is 2.83. The number of nitrogens with two attached hydrogens (primary N) is 1. The molecule has 20 heavy (non-hydrogen) atoms. The van der Waals surface area contributed by atoms with Gasteiger partial charge in [0.2, 0.25) is 0 Å². The molecule has 0 radical (unpaired) electrons. The van der Waals surface area contributed by atoms with Gasteiger partial charge < -0.3 is 15.1 Å². The van der Waals surface area contributed by atoms with Crippen molar-refractivity contribution in [3.63, 3.8) is 0 Å². The highest BCUT2D eigenvalue weighted by Crippen LogP contribution is 2.15. The number of amides is 1. The van der Waals surface area contributed by atoms with E-state index in [-0.39, 0.29) is 5.91 Å². The van der Waals surface area contributed by atoms with Crippen LogP contribution in [0, 0.1) is 6.92 Å². The molecule has 2 N–H and O–H groups in total. The number of furan rings is 1. The van der Waals surface area contributed by atoms with Crippen molar-refractivity contribution in [1.29, 1.82) is 0 Å². The Bertz CT molecular complexity index is 436. The molecule has 2 heterocycles. The molecule has 1 aromatic heterocycles. The SMILES string of the molecule is CCC(CCN)N1CCN(C(=O)c2ccc(C)o2)CC1. The second-order valence-electron chi connectivity index (χ2n) is 5.38. The molecule has 1 fully saturated rings. The highest BCUT2D eigenvalue weighted by molar-refractivity contribution is 5.91. The number of carbonyl (C=O) groups is 1. The molecule has 1 aliphatic rings. The van der Waals surface area contributed by atoms with Gasteiger partial charge in [-0.1, -0.05) is 6.92 Å². The maximum atomic E-state index is 12.3. The van der Waals surface area contributed by atoms with Gasteiger partial charge in [0.25, 0.3) is 5.91 Å². The van der Waals surface area contributed by atoms with E-state index < -0.39 is 0 Å². The predicted octanol–water partition coefficient (Wildman–Crippen LogP) is 1.47. The number of hydrogen-bond acceptors (Lipinski definition) is 4. The first kappa shape index (κ1) is 15.1. The minimum absolute atomic E-state index is 0.00428. The summed E-state index contributed by atoms with van der Waals surface area (Å²) in [6, 6.07) is 4.13. The number of rotatable bonds is 5. The number of nitrogens with zero attached hydrogens (tertiary/aromatic N) is 2. The lowest BCUT2D eigenvalue weighted by atomic mass is 10.1. The summed E-state index contributed by atoms with van der Waals surface area (Å²) in [5, 5.41) is 0. The van der Waals surface area contributed by atoms with Crippen LogP contribution in [0.25, 0.3) is 0 Å². The number of carbonyl (C=O) groups excluding carboxylic acids is 1. The summed E-state index contributed by atoms with van der Waals surface area (Å²) in [6.07, 6.45) is 2.14. The molecule has 112 valence electrons. The molecule has 2 rings (SSSR count). The molecule has 1 aromatic rings. The summed E-state index contributed by atoms with van der Waals surface area (Å²) < 4.78 is 5.41. The van der Waals surface area contributed by atoms with Crippen molar-refractivity contribution in [3.05, 3.63) is 23.7 Å². The Morgan fingerprint density at radius 2 is 2.05 bits per heavy atom. The molecule has 0 bridgehead atoms. The monoisotopic (exact) mass is 279 g/mol. The maximum absolute atomic E-state index is 12.3. The molecule has 1 saturated heterocycles. The topological polar surface area (TPSA) is 62.7 Å². The van der Waals surface area contributed by atoms with Gasteiger partial charge in [-0.05, 0) is 38.4 Å². The summed E-state index contributed by atoms with van der Waals surface area (Å²) in [4.78, 5) is 16.6. The van der Waals surface area contributed by atoms with E-state index in [1.165, 1.54) is 0 Å². The van der Waals surface area contributed by atoms with Crippen molar-refractivity contribution in [2.45, 2.75) is 32.7 Å². The number of piperazine rings is 1. The van der Waals surface area contributed by atoms with Gasteiger partial charge in [0.1, 0.15) is 5.76 Å². The van der Waals surface area contributed by atoms with E-state index in [9.17, 15) is 4.79 Å². The Kier molecular flexibility index (Phi) is 5.20. The second-order valence-corrected chi connectivity index (χ2v) is 5.38. The standard InChI is InChI=1S/C15H25N3O2/c1-3-13(6-7-16)17-8-10-18(11-9-17)15(19)14-5-4-12(2)20-14/h4-5,13H,3,6-11,16H2,1-2H3. The van der Waals surface area contributed by atoms with Gasteiger partial charge in [-0.25, -0.2) is 0 Å². The van der Waals surface area contributed by atoms with Crippen LogP contribution in [0.2, 0.25) is 0 Å². The van der Waals surface area contributed by atoms with Gasteiger partial charge in [0, 0.05) is 32.2 Å². The van der Waals surface area contributed by atoms with Crippen molar-refractivity contribution in [3.8, 4) is 0 Å². The summed E-state index contributed by atoms with van der Waals surface area (Å²) in [7, 11) is 0. The van der Waals surface area contributed by atoms with Gasteiger partial charge in [-0.15, -0.1) is 0 Å². The lowest BCUT2D eigenvalue weighted by Crippen LogP contribution is -2.52. The summed E-state index contributed by atoms with van der Waals surface area (Å²) in [5.74, 6) is 1.23. The average molecular weight is 279 g/mol. The van der Waals surface area contributed by atoms with Crippen LogP contribution < -0.4 is 5.73 Å². The Morgan fingerprint density at radius 1 is 1.35 bits per heavy atom.